The average Bonchev–Trinajstić information content (AvgIpc) is 2.24. The van der Waals surface area contributed by atoms with Gasteiger partial charge in [0, 0.05) is 19.4 Å². The maximum Gasteiger partial charge on any atom is 0.265 e. The first-order valence-electron chi connectivity index (χ1n) is 7.22. The van der Waals surface area contributed by atoms with E-state index in [4.69, 9.17) is 9.11 Å². The number of nitrogens with zero attached hydrogens (tertiary/aromatic N) is 2. The minimum Gasteiger partial charge on any atom is -0.328 e. The first-order chi connectivity index (χ1) is 9.81. The lowest BCUT2D eigenvalue weighted by atomic mass is 10.3. The summed E-state index contributed by atoms with van der Waals surface area (Å²) in [5, 5.41) is 0. The molecule has 134 valence electrons. The summed E-state index contributed by atoms with van der Waals surface area (Å²) in [5.41, 5.74) is 0. The molecule has 0 aliphatic carbocycles. The maximum absolute atomic E-state index is 10.7. The standard InChI is InChI=1S/C12H28N2O6S2/c1-13(8-5-11-21(15,16)17)7-4-9-14(2,3)10-6-12-22(18,19)20/h4-12H2,1-3H3,(H-,15,16,17,18,19,20)/p+1. The van der Waals surface area contributed by atoms with Gasteiger partial charge in [0.1, 0.15) is 0 Å². The van der Waals surface area contributed by atoms with Gasteiger partial charge in [-0.2, -0.15) is 16.8 Å². The summed E-state index contributed by atoms with van der Waals surface area (Å²) >= 11 is 0. The van der Waals surface area contributed by atoms with Crippen LogP contribution in [0.1, 0.15) is 19.3 Å². The van der Waals surface area contributed by atoms with Crippen LogP contribution in [0.4, 0.5) is 0 Å². The topological polar surface area (TPSA) is 112 Å². The van der Waals surface area contributed by atoms with Crippen LogP contribution in [0.3, 0.4) is 0 Å². The molecule has 0 spiro atoms. The Morgan fingerprint density at radius 1 is 0.818 bits per heavy atom. The van der Waals surface area contributed by atoms with Crippen molar-refractivity contribution in [1.82, 2.24) is 4.90 Å². The van der Waals surface area contributed by atoms with Crippen LogP contribution in [0.25, 0.3) is 0 Å². The van der Waals surface area contributed by atoms with Crippen LogP contribution in [-0.4, -0.2) is 94.2 Å². The lowest BCUT2D eigenvalue weighted by Crippen LogP contribution is -2.43. The van der Waals surface area contributed by atoms with Gasteiger partial charge in [-0.05, 0) is 20.0 Å². The number of quaternary nitrogens is 1. The second kappa shape index (κ2) is 9.14. The number of rotatable bonds is 12. The molecule has 0 aliphatic heterocycles. The molecule has 0 amide bonds. The van der Waals surface area contributed by atoms with Crippen LogP contribution < -0.4 is 0 Å². The van der Waals surface area contributed by atoms with E-state index in [1.807, 2.05) is 26.0 Å². The highest BCUT2D eigenvalue weighted by molar-refractivity contribution is 7.86. The Morgan fingerprint density at radius 3 is 1.73 bits per heavy atom. The Labute approximate surface area is 134 Å². The van der Waals surface area contributed by atoms with E-state index in [9.17, 15) is 16.8 Å². The van der Waals surface area contributed by atoms with Gasteiger partial charge in [-0.25, -0.2) is 0 Å². The number of hydrogen-bond acceptors (Lipinski definition) is 5. The normalized spacial score (nSPS) is 13.7. The lowest BCUT2D eigenvalue weighted by molar-refractivity contribution is -0.890. The lowest BCUT2D eigenvalue weighted by Gasteiger charge is -2.30. The van der Waals surface area contributed by atoms with Crippen LogP contribution in [0, 0.1) is 0 Å². The Morgan fingerprint density at radius 2 is 1.23 bits per heavy atom. The fourth-order valence-corrected chi connectivity index (χ4v) is 3.17. The van der Waals surface area contributed by atoms with E-state index < -0.39 is 20.2 Å². The third-order valence-electron chi connectivity index (χ3n) is 3.41. The summed E-state index contributed by atoms with van der Waals surface area (Å²) in [7, 11) is -1.88. The highest BCUT2D eigenvalue weighted by atomic mass is 32.2. The van der Waals surface area contributed by atoms with Crippen molar-refractivity contribution in [3.63, 3.8) is 0 Å². The third-order valence-corrected chi connectivity index (χ3v) is 5.02. The largest absolute Gasteiger partial charge is 0.328 e. The smallest absolute Gasteiger partial charge is 0.265 e. The van der Waals surface area contributed by atoms with Crippen LogP contribution in [-0.2, 0) is 20.2 Å². The van der Waals surface area contributed by atoms with Gasteiger partial charge in [0.25, 0.3) is 20.2 Å². The summed E-state index contributed by atoms with van der Waals surface area (Å²) in [6.07, 6.45) is 1.69. The van der Waals surface area contributed by atoms with E-state index in [-0.39, 0.29) is 11.5 Å². The molecule has 0 aromatic heterocycles. The third kappa shape index (κ3) is 14.7. The summed E-state index contributed by atoms with van der Waals surface area (Å²) in [4.78, 5) is 2.00. The molecule has 10 heteroatoms. The SMILES string of the molecule is CN(CCC[N+](C)(C)CCCS(=O)(=O)O)CCCS(=O)(=O)O. The van der Waals surface area contributed by atoms with Gasteiger partial charge >= 0.3 is 0 Å². The molecule has 0 saturated heterocycles. The van der Waals surface area contributed by atoms with Crippen LogP contribution >= 0.6 is 0 Å². The second-order valence-electron chi connectivity index (χ2n) is 6.32. The van der Waals surface area contributed by atoms with Crippen LogP contribution in [0.15, 0.2) is 0 Å². The molecule has 0 aromatic rings. The minimum atomic E-state index is -3.89. The van der Waals surface area contributed by atoms with Crippen molar-refractivity contribution in [2.24, 2.45) is 0 Å². The monoisotopic (exact) mass is 361 g/mol. The zero-order valence-electron chi connectivity index (χ0n) is 13.6. The Balaban J connectivity index is 3.87. The van der Waals surface area contributed by atoms with Gasteiger partial charge in [0.2, 0.25) is 0 Å². The highest BCUT2D eigenvalue weighted by Crippen LogP contribution is 2.04. The molecule has 0 unspecified atom stereocenters. The van der Waals surface area contributed by atoms with Gasteiger partial charge in [0.05, 0.1) is 38.7 Å². The van der Waals surface area contributed by atoms with Crippen LogP contribution in [0.2, 0.25) is 0 Å². The summed E-state index contributed by atoms with van der Waals surface area (Å²) < 4.78 is 60.6. The van der Waals surface area contributed by atoms with Gasteiger partial charge in [-0.3, -0.25) is 9.11 Å². The fraction of sp³-hybridized carbons (Fsp3) is 1.00. The summed E-state index contributed by atoms with van der Waals surface area (Å²) in [6, 6.07) is 0. The molecule has 0 atom stereocenters. The average molecular weight is 362 g/mol. The predicted octanol–water partition coefficient (Wildman–Crippen LogP) is -0.0595. The molecule has 0 heterocycles. The zero-order valence-corrected chi connectivity index (χ0v) is 15.2. The summed E-state index contributed by atoms with van der Waals surface area (Å²) in [5.74, 6) is -0.446. The summed E-state index contributed by atoms with van der Waals surface area (Å²) in [6.45, 7) is 2.90. The zero-order chi connectivity index (χ0) is 17.4. The molecule has 0 fully saturated rings. The Kier molecular flexibility index (Phi) is 9.03. The Bertz CT molecular complexity index is 516. The quantitative estimate of drug-likeness (QED) is 0.370. The number of hydrogen-bond donors (Lipinski definition) is 2. The second-order valence-corrected chi connectivity index (χ2v) is 9.46. The van der Waals surface area contributed by atoms with Crippen molar-refractivity contribution in [2.75, 3.05) is 58.8 Å². The molecule has 0 rings (SSSR count). The van der Waals surface area contributed by atoms with E-state index in [2.05, 4.69) is 0 Å². The molecular formula is C12H29N2O6S2+. The van der Waals surface area contributed by atoms with E-state index in [1.54, 1.807) is 0 Å². The van der Waals surface area contributed by atoms with E-state index in [0.29, 0.717) is 30.4 Å². The minimum absolute atomic E-state index is 0.218. The molecule has 0 aliphatic rings. The van der Waals surface area contributed by atoms with Crippen molar-refractivity contribution < 1.29 is 30.4 Å². The first kappa shape index (κ1) is 21.7. The van der Waals surface area contributed by atoms with Crippen molar-refractivity contribution in [2.45, 2.75) is 19.3 Å². The fourth-order valence-electron chi connectivity index (χ4n) is 2.18. The Hall–Kier alpha value is -0.260. The van der Waals surface area contributed by atoms with E-state index in [1.165, 1.54) is 0 Å². The van der Waals surface area contributed by atoms with Crippen molar-refractivity contribution >= 4 is 20.2 Å². The van der Waals surface area contributed by atoms with Crippen molar-refractivity contribution in [3.05, 3.63) is 0 Å². The molecule has 0 saturated carbocycles. The molecule has 8 nitrogen and oxygen atoms in total. The molecule has 0 radical (unpaired) electrons. The maximum atomic E-state index is 10.7. The predicted molar refractivity (Wildman–Crippen MR) is 86.0 cm³/mol. The molecule has 0 bridgehead atoms. The van der Waals surface area contributed by atoms with Crippen molar-refractivity contribution in [3.8, 4) is 0 Å². The molecular weight excluding hydrogens is 332 g/mol. The first-order valence-corrected chi connectivity index (χ1v) is 10.4. The van der Waals surface area contributed by atoms with Gasteiger partial charge in [-0.15, -0.1) is 0 Å². The molecule has 2 N–H and O–H groups in total. The van der Waals surface area contributed by atoms with E-state index >= 15 is 0 Å². The highest BCUT2D eigenvalue weighted by Gasteiger charge is 2.16. The molecule has 22 heavy (non-hydrogen) atoms. The molecule has 0 aromatic carbocycles. The van der Waals surface area contributed by atoms with Crippen molar-refractivity contribution in [1.29, 1.82) is 0 Å². The van der Waals surface area contributed by atoms with Gasteiger partial charge < -0.3 is 9.38 Å². The van der Waals surface area contributed by atoms with Gasteiger partial charge in [0.15, 0.2) is 0 Å². The van der Waals surface area contributed by atoms with Gasteiger partial charge in [-0.1, -0.05) is 0 Å². The van der Waals surface area contributed by atoms with E-state index in [0.717, 1.165) is 19.5 Å². The van der Waals surface area contributed by atoms with Crippen LogP contribution in [0.5, 0.6) is 0 Å².